The molecule has 0 N–H and O–H groups in total. The van der Waals surface area contributed by atoms with E-state index in [1.54, 1.807) is 0 Å². The molecule has 0 heterocycles. The molecule has 0 bridgehead atoms. The van der Waals surface area contributed by atoms with Crippen LogP contribution in [0.3, 0.4) is 0 Å². The van der Waals surface area contributed by atoms with E-state index in [0.717, 1.165) is 9.52 Å². The molecule has 0 nitrogen and oxygen atoms in total. The molecule has 2 radical (unpaired) electrons. The third-order valence-corrected chi connectivity index (χ3v) is 4.64. The highest BCUT2D eigenvalue weighted by atomic mass is 28.2. The third-order valence-electron chi connectivity index (χ3n) is 3.41. The molecular weight excluding hydrogens is 232 g/mol. The molecule has 0 fully saturated rings. The van der Waals surface area contributed by atoms with E-state index in [-0.39, 0.29) is 0 Å². The van der Waals surface area contributed by atoms with Gasteiger partial charge in [0.05, 0.1) is 0 Å². The Morgan fingerprint density at radius 2 is 1.33 bits per heavy atom. The van der Waals surface area contributed by atoms with Crippen molar-refractivity contribution in [1.82, 2.24) is 0 Å². The molecule has 18 heavy (non-hydrogen) atoms. The topological polar surface area (TPSA) is 0 Å². The molecule has 1 heteroatoms. The maximum atomic E-state index is 2.26. The van der Waals surface area contributed by atoms with Crippen LogP contribution in [0.25, 0.3) is 0 Å². The van der Waals surface area contributed by atoms with E-state index in [9.17, 15) is 0 Å². The summed E-state index contributed by atoms with van der Waals surface area (Å²) in [5, 5.41) is 0. The Morgan fingerprint density at radius 3 is 1.94 bits per heavy atom. The van der Waals surface area contributed by atoms with E-state index in [0.29, 0.717) is 0 Å². The summed E-state index contributed by atoms with van der Waals surface area (Å²) < 4.78 is 0. The van der Waals surface area contributed by atoms with Gasteiger partial charge in [-0.25, -0.2) is 0 Å². The minimum Gasteiger partial charge on any atom is -0.0620 e. The minimum atomic E-state index is 1.03. The average Bonchev–Trinajstić information content (AvgIpc) is 2.38. The minimum absolute atomic E-state index is 1.03. The van der Waals surface area contributed by atoms with Crippen LogP contribution in [-0.4, -0.2) is 9.52 Å². The van der Waals surface area contributed by atoms with Crippen molar-refractivity contribution in [2.24, 2.45) is 0 Å². The van der Waals surface area contributed by atoms with Crippen LogP contribution in [-0.2, 0) is 12.5 Å². The van der Waals surface area contributed by atoms with Crippen molar-refractivity contribution in [1.29, 1.82) is 0 Å². The summed E-state index contributed by atoms with van der Waals surface area (Å²) >= 11 is 0. The molecule has 0 spiro atoms. The maximum absolute atomic E-state index is 2.26. The zero-order valence-corrected chi connectivity index (χ0v) is 12.2. The zero-order valence-electron chi connectivity index (χ0n) is 11.2. The molecule has 0 atom stereocenters. The van der Waals surface area contributed by atoms with Gasteiger partial charge in [-0.3, -0.25) is 0 Å². The van der Waals surface area contributed by atoms with Crippen LogP contribution >= 0.6 is 0 Å². The highest BCUT2D eigenvalue weighted by Gasteiger charge is 2.00. The second-order valence-corrected chi connectivity index (χ2v) is 6.13. The summed E-state index contributed by atoms with van der Waals surface area (Å²) in [5.74, 6) is 0. The highest BCUT2D eigenvalue weighted by Crippen LogP contribution is 2.11. The first kappa shape index (κ1) is 13.1. The van der Waals surface area contributed by atoms with Crippen LogP contribution in [0.15, 0.2) is 48.5 Å². The number of hydrogen-bond donors (Lipinski definition) is 0. The van der Waals surface area contributed by atoms with Gasteiger partial charge in [-0.2, -0.15) is 0 Å². The van der Waals surface area contributed by atoms with Crippen molar-refractivity contribution < 1.29 is 0 Å². The fourth-order valence-electron chi connectivity index (χ4n) is 2.15. The highest BCUT2D eigenvalue weighted by molar-refractivity contribution is 6.35. The summed E-state index contributed by atoms with van der Waals surface area (Å²) in [6.07, 6.45) is 1.22. The van der Waals surface area contributed by atoms with Crippen LogP contribution in [0.1, 0.15) is 22.3 Å². The van der Waals surface area contributed by atoms with Crippen molar-refractivity contribution in [3.8, 4) is 0 Å². The van der Waals surface area contributed by atoms with Crippen LogP contribution in [0, 0.1) is 13.8 Å². The van der Waals surface area contributed by atoms with Crippen LogP contribution in [0.4, 0.5) is 0 Å². The zero-order chi connectivity index (χ0) is 12.8. The van der Waals surface area contributed by atoms with Gasteiger partial charge in [0, 0.05) is 9.52 Å². The summed E-state index contributed by atoms with van der Waals surface area (Å²) in [6, 6.07) is 20.0. The van der Waals surface area contributed by atoms with Gasteiger partial charge in [-0.05, 0) is 48.6 Å². The number of aryl methyl sites for hydroxylation is 3. The molecule has 92 valence electrons. The Morgan fingerprint density at radius 1 is 0.778 bits per heavy atom. The van der Waals surface area contributed by atoms with E-state index < -0.39 is 0 Å². The van der Waals surface area contributed by atoms with Gasteiger partial charge in [-0.1, -0.05) is 54.6 Å². The van der Waals surface area contributed by atoms with E-state index in [1.807, 2.05) is 0 Å². The summed E-state index contributed by atoms with van der Waals surface area (Å²) in [6.45, 7) is 4.42. The van der Waals surface area contributed by atoms with Crippen LogP contribution in [0.2, 0.25) is 6.04 Å². The lowest BCUT2D eigenvalue weighted by molar-refractivity contribution is 1.08. The number of benzene rings is 2. The summed E-state index contributed by atoms with van der Waals surface area (Å²) in [7, 11) is 1.03. The molecule has 2 aromatic rings. The van der Waals surface area contributed by atoms with E-state index >= 15 is 0 Å². The van der Waals surface area contributed by atoms with Gasteiger partial charge in [0.1, 0.15) is 0 Å². The van der Waals surface area contributed by atoms with Crippen molar-refractivity contribution >= 4 is 9.52 Å². The lowest BCUT2D eigenvalue weighted by atomic mass is 10.1. The SMILES string of the molecule is Cc1ccccc1CC[Si]Cc1ccccc1C. The third kappa shape index (κ3) is 3.57. The molecule has 0 saturated heterocycles. The van der Waals surface area contributed by atoms with Crippen molar-refractivity contribution in [2.45, 2.75) is 32.4 Å². The molecule has 0 saturated carbocycles. The van der Waals surface area contributed by atoms with Crippen molar-refractivity contribution in [2.75, 3.05) is 0 Å². The Kier molecular flexibility index (Phi) is 4.77. The van der Waals surface area contributed by atoms with Gasteiger partial charge in [0.25, 0.3) is 0 Å². The molecule has 0 unspecified atom stereocenters. The van der Waals surface area contributed by atoms with Gasteiger partial charge in [0.15, 0.2) is 0 Å². The Labute approximate surface area is 113 Å². The Bertz CT molecular complexity index is 455. The fourth-order valence-corrected chi connectivity index (χ4v) is 3.43. The van der Waals surface area contributed by atoms with Gasteiger partial charge < -0.3 is 0 Å². The molecule has 0 aliphatic carbocycles. The predicted molar refractivity (Wildman–Crippen MR) is 80.3 cm³/mol. The quantitative estimate of drug-likeness (QED) is 0.553. The lowest BCUT2D eigenvalue weighted by Gasteiger charge is -2.06. The molecule has 0 aliphatic rings. The lowest BCUT2D eigenvalue weighted by Crippen LogP contribution is -2.01. The first-order valence-corrected chi connectivity index (χ1v) is 7.98. The normalized spacial score (nSPS) is 10.6. The average molecular weight is 252 g/mol. The smallest absolute Gasteiger partial charge is 0.0432 e. The second-order valence-electron chi connectivity index (χ2n) is 4.78. The standard InChI is InChI=1S/C17H20Si/c1-14-7-3-5-9-16(14)11-12-18-13-17-10-6-4-8-15(17)2/h3-10H,11-13H2,1-2H3. The predicted octanol–water partition coefficient (Wildman–Crippen LogP) is 4.17. The van der Waals surface area contributed by atoms with E-state index in [2.05, 4.69) is 62.4 Å². The Hall–Kier alpha value is -1.34. The molecule has 0 amide bonds. The van der Waals surface area contributed by atoms with E-state index in [4.69, 9.17) is 0 Å². The molecule has 2 aromatic carbocycles. The maximum Gasteiger partial charge on any atom is 0.0432 e. The van der Waals surface area contributed by atoms with E-state index in [1.165, 1.54) is 40.8 Å². The molecule has 2 rings (SSSR count). The van der Waals surface area contributed by atoms with Gasteiger partial charge in [-0.15, -0.1) is 0 Å². The fraction of sp³-hybridized carbons (Fsp3) is 0.294. The first-order chi connectivity index (χ1) is 8.77. The molecule has 0 aliphatic heterocycles. The Balaban J connectivity index is 1.80. The molecule has 0 aromatic heterocycles. The van der Waals surface area contributed by atoms with Crippen molar-refractivity contribution in [3.05, 3.63) is 70.8 Å². The molecular formula is C17H20Si. The summed E-state index contributed by atoms with van der Waals surface area (Å²) in [4.78, 5) is 0. The number of rotatable bonds is 5. The second kappa shape index (κ2) is 6.55. The monoisotopic (exact) mass is 252 g/mol. The van der Waals surface area contributed by atoms with Crippen LogP contribution < -0.4 is 0 Å². The summed E-state index contributed by atoms with van der Waals surface area (Å²) in [5.41, 5.74) is 5.88. The largest absolute Gasteiger partial charge is 0.0620 e. The van der Waals surface area contributed by atoms with Crippen LogP contribution in [0.5, 0.6) is 0 Å². The van der Waals surface area contributed by atoms with Gasteiger partial charge >= 0.3 is 0 Å². The number of hydrogen-bond acceptors (Lipinski definition) is 0. The van der Waals surface area contributed by atoms with Gasteiger partial charge in [0.2, 0.25) is 0 Å². The first-order valence-electron chi connectivity index (χ1n) is 6.57. The van der Waals surface area contributed by atoms with Crippen molar-refractivity contribution in [3.63, 3.8) is 0 Å².